The Labute approximate surface area is 261 Å². The van der Waals surface area contributed by atoms with Crippen LogP contribution in [0.3, 0.4) is 0 Å². The van der Waals surface area contributed by atoms with E-state index in [0.29, 0.717) is 24.2 Å². The third kappa shape index (κ3) is 21.8. The lowest BCUT2D eigenvalue weighted by atomic mass is 10.0. The number of ether oxygens (including phenoxy) is 2. The zero-order valence-electron chi connectivity index (χ0n) is 27.5. The van der Waals surface area contributed by atoms with Crippen LogP contribution in [0.4, 0.5) is 0 Å². The highest BCUT2D eigenvalue weighted by Crippen LogP contribution is 2.13. The molecule has 0 fully saturated rings. The highest BCUT2D eigenvalue weighted by atomic mass is 16.6. The summed E-state index contributed by atoms with van der Waals surface area (Å²) in [6, 6.07) is 3.25. The fraction of sp³-hybridized carbons (Fsp3) is 0.735. The van der Waals surface area contributed by atoms with Gasteiger partial charge in [-0.1, -0.05) is 84.0 Å². The van der Waals surface area contributed by atoms with Crippen molar-refractivity contribution < 1.29 is 23.9 Å². The molecule has 0 saturated heterocycles. The van der Waals surface area contributed by atoms with Gasteiger partial charge < -0.3 is 25.0 Å². The molecule has 0 saturated carbocycles. The molecule has 2 N–H and O–H groups in total. The summed E-state index contributed by atoms with van der Waals surface area (Å²) >= 11 is 0. The Morgan fingerprint density at radius 1 is 0.953 bits per heavy atom. The molecular weight excluding hydrogens is 544 g/mol. The number of hydrogen-bond acceptors (Lipinski definition) is 8. The summed E-state index contributed by atoms with van der Waals surface area (Å²) in [7, 11) is 4.00. The molecule has 9 nitrogen and oxygen atoms in total. The number of carbonyl (C=O) groups is 3. The predicted molar refractivity (Wildman–Crippen MR) is 173 cm³/mol. The van der Waals surface area contributed by atoms with Crippen molar-refractivity contribution in [2.75, 3.05) is 33.8 Å². The van der Waals surface area contributed by atoms with Gasteiger partial charge in [0.05, 0.1) is 17.8 Å². The van der Waals surface area contributed by atoms with Crippen molar-refractivity contribution in [2.45, 2.75) is 129 Å². The summed E-state index contributed by atoms with van der Waals surface area (Å²) in [6.07, 6.45) is 18.2. The van der Waals surface area contributed by atoms with Crippen molar-refractivity contribution in [2.24, 2.45) is 0 Å². The third-order valence-corrected chi connectivity index (χ3v) is 7.25. The number of nitrogens with one attached hydrogen (secondary N) is 2. The smallest absolute Gasteiger partial charge is 0.338 e. The predicted octanol–water partition coefficient (Wildman–Crippen LogP) is 6.01. The van der Waals surface area contributed by atoms with E-state index < -0.39 is 12.1 Å². The number of esters is 2. The minimum Gasteiger partial charge on any atom is -0.462 e. The summed E-state index contributed by atoms with van der Waals surface area (Å²) < 4.78 is 10.6. The van der Waals surface area contributed by atoms with Crippen LogP contribution in [0.1, 0.15) is 126 Å². The summed E-state index contributed by atoms with van der Waals surface area (Å²) in [6.45, 7) is 9.32. The fourth-order valence-electron chi connectivity index (χ4n) is 4.65. The first-order valence-corrected chi connectivity index (χ1v) is 16.5. The summed E-state index contributed by atoms with van der Waals surface area (Å²) in [5, 5.41) is 6.01. The van der Waals surface area contributed by atoms with Crippen molar-refractivity contribution in [1.29, 1.82) is 0 Å². The van der Waals surface area contributed by atoms with Crippen molar-refractivity contribution in [3.8, 4) is 0 Å². The van der Waals surface area contributed by atoms with Gasteiger partial charge in [-0.25, -0.2) is 4.79 Å². The van der Waals surface area contributed by atoms with Crippen LogP contribution in [0, 0.1) is 6.92 Å². The van der Waals surface area contributed by atoms with Gasteiger partial charge in [-0.2, -0.15) is 0 Å². The molecule has 1 amide bonds. The molecule has 0 aliphatic carbocycles. The topological polar surface area (TPSA) is 110 Å². The Morgan fingerprint density at radius 3 is 2.16 bits per heavy atom. The van der Waals surface area contributed by atoms with Gasteiger partial charge in [0, 0.05) is 25.2 Å². The Kier molecular flexibility index (Phi) is 22.3. The van der Waals surface area contributed by atoms with Crippen LogP contribution in [0.15, 0.2) is 18.3 Å². The molecule has 2 unspecified atom stereocenters. The molecule has 1 aromatic rings. The van der Waals surface area contributed by atoms with E-state index in [0.717, 1.165) is 32.2 Å². The van der Waals surface area contributed by atoms with Crippen molar-refractivity contribution in [3.05, 3.63) is 36.5 Å². The van der Waals surface area contributed by atoms with Gasteiger partial charge in [-0.05, 0) is 59.5 Å². The normalized spacial score (nSPS) is 12.6. The van der Waals surface area contributed by atoms with Crippen molar-refractivity contribution >= 4 is 17.8 Å². The number of hydrogen-bond donors (Lipinski definition) is 2. The fourth-order valence-corrected chi connectivity index (χ4v) is 4.65. The van der Waals surface area contributed by atoms with Gasteiger partial charge in [0.25, 0.3) is 0 Å². The van der Waals surface area contributed by atoms with Gasteiger partial charge in [0.15, 0.2) is 0 Å². The van der Waals surface area contributed by atoms with Crippen LogP contribution in [-0.2, 0) is 25.6 Å². The van der Waals surface area contributed by atoms with Crippen LogP contribution in [-0.4, -0.2) is 73.7 Å². The maximum absolute atomic E-state index is 12.6. The maximum Gasteiger partial charge on any atom is 0.338 e. The molecule has 0 aliphatic rings. The van der Waals surface area contributed by atoms with Crippen LogP contribution < -0.4 is 10.6 Å². The molecule has 43 heavy (non-hydrogen) atoms. The molecule has 0 bridgehead atoms. The van der Waals surface area contributed by atoms with E-state index in [9.17, 15) is 14.4 Å². The van der Waals surface area contributed by atoms with E-state index >= 15 is 0 Å². The van der Waals surface area contributed by atoms with E-state index in [1.165, 1.54) is 70.4 Å². The Bertz CT molecular complexity index is 895. The molecule has 2 atom stereocenters. The monoisotopic (exact) mass is 603 g/mol. The number of carbonyl (C=O) groups excluding carboxylic acids is 3. The van der Waals surface area contributed by atoms with Crippen LogP contribution in [0.2, 0.25) is 0 Å². The average Bonchev–Trinajstić information content (AvgIpc) is 2.97. The van der Waals surface area contributed by atoms with E-state index in [-0.39, 0.29) is 31.1 Å². The molecule has 0 aliphatic heterocycles. The lowest BCUT2D eigenvalue weighted by molar-refractivity contribution is -0.146. The standard InChI is InChI=1S/C34H59N4O5/c1-6-7-8-9-10-11-12-13-14-15-16-17-18-19-33(40)42-27-29(3)43-34(41)30-20-22-36-31(24-30)25-35-26-32(39)37-28(2)21-23-38(4)5/h20,22,24,28-29,35H,3,6-19,21,23,25-27H2,1-2,4-5H3,(H,37,39). The first kappa shape index (κ1) is 38.5. The lowest BCUT2D eigenvalue weighted by Gasteiger charge is -2.17. The molecule has 1 aromatic heterocycles. The van der Waals surface area contributed by atoms with E-state index in [1.807, 2.05) is 21.0 Å². The van der Waals surface area contributed by atoms with E-state index in [4.69, 9.17) is 9.47 Å². The van der Waals surface area contributed by atoms with Crippen LogP contribution in [0.5, 0.6) is 0 Å². The minimum absolute atomic E-state index is 0.0788. The highest BCUT2D eigenvalue weighted by molar-refractivity contribution is 5.89. The number of pyridine rings is 1. The second kappa shape index (κ2) is 24.9. The molecular formula is C34H59N4O5. The lowest BCUT2D eigenvalue weighted by Crippen LogP contribution is -2.40. The molecule has 1 rings (SSSR count). The van der Waals surface area contributed by atoms with Gasteiger partial charge >= 0.3 is 11.9 Å². The van der Waals surface area contributed by atoms with Crippen molar-refractivity contribution in [1.82, 2.24) is 20.5 Å². The Hall–Kier alpha value is -2.52. The number of aromatic nitrogens is 1. The van der Waals surface area contributed by atoms with Gasteiger partial charge in [0.2, 0.25) is 5.91 Å². The molecule has 1 radical (unpaired) electrons. The first-order valence-electron chi connectivity index (χ1n) is 16.5. The Morgan fingerprint density at radius 2 is 1.56 bits per heavy atom. The summed E-state index contributed by atoms with van der Waals surface area (Å²) in [5.41, 5.74) is 0.924. The highest BCUT2D eigenvalue weighted by Gasteiger charge is 2.15. The molecule has 9 heteroatoms. The largest absolute Gasteiger partial charge is 0.462 e. The molecule has 0 spiro atoms. The van der Waals surface area contributed by atoms with E-state index in [1.54, 1.807) is 12.1 Å². The number of rotatable bonds is 26. The SMILES string of the molecule is [CH2]C(COC(=O)CCCCCCCCCCCCCCC)OC(=O)c1ccnc(CNCC(=O)NC(C)CCN(C)C)c1. The minimum atomic E-state index is -0.809. The van der Waals surface area contributed by atoms with Crippen LogP contribution in [0.25, 0.3) is 0 Å². The summed E-state index contributed by atoms with van der Waals surface area (Å²) in [5.74, 6) is -0.949. The Balaban J connectivity index is 2.15. The summed E-state index contributed by atoms with van der Waals surface area (Å²) in [4.78, 5) is 43.1. The van der Waals surface area contributed by atoms with Gasteiger partial charge in [0.1, 0.15) is 12.7 Å². The van der Waals surface area contributed by atoms with Gasteiger partial charge in [-0.3, -0.25) is 14.6 Å². The van der Waals surface area contributed by atoms with Crippen molar-refractivity contribution in [3.63, 3.8) is 0 Å². The zero-order valence-corrected chi connectivity index (χ0v) is 27.5. The maximum atomic E-state index is 12.6. The second-order valence-corrected chi connectivity index (χ2v) is 11.9. The number of nitrogens with zero attached hydrogens (tertiary/aromatic N) is 2. The molecule has 1 heterocycles. The third-order valence-electron chi connectivity index (χ3n) is 7.25. The molecule has 245 valence electrons. The van der Waals surface area contributed by atoms with E-state index in [2.05, 4.69) is 34.4 Å². The quantitative estimate of drug-likeness (QED) is 0.0979. The zero-order chi connectivity index (χ0) is 31.7. The van der Waals surface area contributed by atoms with Gasteiger partial charge in [-0.15, -0.1) is 0 Å². The number of amides is 1. The first-order chi connectivity index (χ1) is 20.7. The molecule has 0 aromatic carbocycles. The average molecular weight is 604 g/mol. The second-order valence-electron chi connectivity index (χ2n) is 11.9. The van der Waals surface area contributed by atoms with Crippen LogP contribution >= 0.6 is 0 Å². The number of unbranched alkanes of at least 4 members (excludes halogenated alkanes) is 12.